The molecule has 0 saturated heterocycles. The van der Waals surface area contributed by atoms with Gasteiger partial charge < -0.3 is 10.4 Å². The van der Waals surface area contributed by atoms with Crippen LogP contribution in [0.4, 0.5) is 5.69 Å². The zero-order valence-electron chi connectivity index (χ0n) is 10.3. The zero-order chi connectivity index (χ0) is 13.2. The number of benzene rings is 1. The lowest BCUT2D eigenvalue weighted by Crippen LogP contribution is -2.13. The number of hydrogen-bond donors (Lipinski definition) is 2. The molecule has 1 aliphatic heterocycles. The van der Waals surface area contributed by atoms with Crippen LogP contribution in [0, 0.1) is 18.3 Å². The summed E-state index contributed by atoms with van der Waals surface area (Å²) in [5.74, 6) is 2.45. The smallest absolute Gasteiger partial charge is 0.112 e. The summed E-state index contributed by atoms with van der Waals surface area (Å²) in [5.41, 5.74) is 4.03. The topological polar surface area (TPSA) is 32.3 Å². The van der Waals surface area contributed by atoms with Crippen molar-refractivity contribution in [2.45, 2.75) is 0 Å². The second-order valence-corrected chi connectivity index (χ2v) is 4.46. The van der Waals surface area contributed by atoms with E-state index in [4.69, 9.17) is 6.42 Å². The highest BCUT2D eigenvalue weighted by Crippen LogP contribution is 2.31. The lowest BCUT2D eigenvalue weighted by Gasteiger charge is -2.22. The number of aliphatic hydroxyl groups excluding tert-OH is 1. The van der Waals surface area contributed by atoms with E-state index in [1.165, 1.54) is 0 Å². The van der Waals surface area contributed by atoms with E-state index in [0.29, 0.717) is 0 Å². The Labute approximate surface area is 112 Å². The van der Waals surface area contributed by atoms with Crippen molar-refractivity contribution < 1.29 is 5.11 Å². The van der Waals surface area contributed by atoms with Crippen molar-refractivity contribution in [1.29, 1.82) is 0 Å². The first-order chi connectivity index (χ1) is 9.29. The van der Waals surface area contributed by atoms with Crippen molar-refractivity contribution in [3.63, 3.8) is 0 Å². The summed E-state index contributed by atoms with van der Waals surface area (Å²) in [4.78, 5) is 0. The quantitative estimate of drug-likeness (QED) is 0.686. The van der Waals surface area contributed by atoms with Crippen LogP contribution in [0.3, 0.4) is 0 Å². The van der Waals surface area contributed by atoms with Crippen molar-refractivity contribution >= 4 is 11.8 Å². The van der Waals surface area contributed by atoms with Crippen LogP contribution in [0.1, 0.15) is 5.56 Å². The number of rotatable bonds is 0. The predicted molar refractivity (Wildman–Crippen MR) is 78.3 cm³/mol. The molecule has 1 aromatic rings. The van der Waals surface area contributed by atoms with E-state index in [1.807, 2.05) is 48.6 Å². The molecule has 2 heteroatoms. The molecular formula is C17H13NO. The molecule has 1 aliphatic carbocycles. The van der Waals surface area contributed by atoms with Gasteiger partial charge in [-0.3, -0.25) is 0 Å². The Morgan fingerprint density at radius 2 is 2.00 bits per heavy atom. The fourth-order valence-electron chi connectivity index (χ4n) is 2.31. The molecule has 0 spiro atoms. The van der Waals surface area contributed by atoms with E-state index in [9.17, 15) is 5.11 Å². The molecule has 19 heavy (non-hydrogen) atoms. The Morgan fingerprint density at radius 3 is 2.84 bits per heavy atom. The lowest BCUT2D eigenvalue weighted by atomic mass is 9.90. The highest BCUT2D eigenvalue weighted by Gasteiger charge is 2.21. The predicted octanol–water partition coefficient (Wildman–Crippen LogP) is 3.64. The minimum Gasteiger partial charge on any atom is -0.511 e. The van der Waals surface area contributed by atoms with Crippen molar-refractivity contribution in [3.8, 4) is 12.3 Å². The second-order valence-electron chi connectivity index (χ2n) is 4.46. The molecule has 3 rings (SSSR count). The summed E-state index contributed by atoms with van der Waals surface area (Å²) in [6, 6.07) is 8.06. The molecule has 1 unspecified atom stereocenters. The number of para-hydroxylation sites is 1. The third kappa shape index (κ3) is 1.96. The molecule has 0 saturated carbocycles. The van der Waals surface area contributed by atoms with Crippen LogP contribution in [-0.2, 0) is 0 Å². The van der Waals surface area contributed by atoms with E-state index in [0.717, 1.165) is 22.5 Å². The van der Waals surface area contributed by atoms with Gasteiger partial charge in [0.1, 0.15) is 11.7 Å². The first-order valence-corrected chi connectivity index (χ1v) is 6.11. The van der Waals surface area contributed by atoms with E-state index < -0.39 is 0 Å². The molecular weight excluding hydrogens is 234 g/mol. The van der Waals surface area contributed by atoms with Crippen LogP contribution in [-0.4, -0.2) is 5.11 Å². The molecule has 0 fully saturated rings. The first-order valence-electron chi connectivity index (χ1n) is 6.11. The largest absolute Gasteiger partial charge is 0.511 e. The van der Waals surface area contributed by atoms with Gasteiger partial charge in [0.25, 0.3) is 0 Å². The minimum absolute atomic E-state index is 0.210. The molecule has 1 heterocycles. The van der Waals surface area contributed by atoms with Gasteiger partial charge in [0, 0.05) is 11.4 Å². The van der Waals surface area contributed by atoms with Gasteiger partial charge in [-0.15, -0.1) is 6.42 Å². The molecule has 2 N–H and O–H groups in total. The summed E-state index contributed by atoms with van der Waals surface area (Å²) in [7, 11) is 0. The SMILES string of the molecule is C#CC1C(O)=CC=CC1=C1C=Cc2ccccc2N1. The summed E-state index contributed by atoms with van der Waals surface area (Å²) in [6.45, 7) is 0. The third-order valence-electron chi connectivity index (χ3n) is 3.29. The Balaban J connectivity index is 2.05. The Bertz CT molecular complexity index is 683. The molecule has 92 valence electrons. The van der Waals surface area contributed by atoms with Crippen molar-refractivity contribution in [1.82, 2.24) is 0 Å². The molecule has 1 aromatic carbocycles. The summed E-state index contributed by atoms with van der Waals surface area (Å²) in [6.07, 6.45) is 14.9. The Hall–Kier alpha value is -2.66. The summed E-state index contributed by atoms with van der Waals surface area (Å²) < 4.78 is 0. The maximum atomic E-state index is 9.85. The normalized spacial score (nSPS) is 24.2. The summed E-state index contributed by atoms with van der Waals surface area (Å²) >= 11 is 0. The molecule has 0 aromatic heterocycles. The Kier molecular flexibility index (Phi) is 2.74. The van der Waals surface area contributed by atoms with Gasteiger partial charge in [-0.2, -0.15) is 0 Å². The molecule has 2 nitrogen and oxygen atoms in total. The van der Waals surface area contributed by atoms with Crippen LogP contribution < -0.4 is 5.32 Å². The van der Waals surface area contributed by atoms with Gasteiger partial charge in [0.15, 0.2) is 0 Å². The van der Waals surface area contributed by atoms with E-state index >= 15 is 0 Å². The molecule has 1 atom stereocenters. The average molecular weight is 247 g/mol. The highest BCUT2D eigenvalue weighted by molar-refractivity contribution is 5.76. The van der Waals surface area contributed by atoms with E-state index in [-0.39, 0.29) is 11.7 Å². The number of nitrogens with one attached hydrogen (secondary N) is 1. The van der Waals surface area contributed by atoms with Crippen LogP contribution in [0.15, 0.2) is 65.6 Å². The van der Waals surface area contributed by atoms with Gasteiger partial charge in [0.2, 0.25) is 0 Å². The monoisotopic (exact) mass is 247 g/mol. The fourth-order valence-corrected chi connectivity index (χ4v) is 2.31. The fraction of sp³-hybridized carbons (Fsp3) is 0.0588. The number of terminal acetylenes is 1. The van der Waals surface area contributed by atoms with Crippen LogP contribution in [0.25, 0.3) is 6.08 Å². The number of hydrogen-bond acceptors (Lipinski definition) is 2. The Morgan fingerprint density at radius 1 is 1.16 bits per heavy atom. The van der Waals surface area contributed by atoms with Gasteiger partial charge >= 0.3 is 0 Å². The minimum atomic E-state index is -0.387. The third-order valence-corrected chi connectivity index (χ3v) is 3.29. The van der Waals surface area contributed by atoms with Gasteiger partial charge in [0.05, 0.1) is 0 Å². The number of allylic oxidation sites excluding steroid dienone is 5. The first kappa shape index (κ1) is 11.4. The van der Waals surface area contributed by atoms with Gasteiger partial charge in [-0.25, -0.2) is 0 Å². The maximum Gasteiger partial charge on any atom is 0.112 e. The van der Waals surface area contributed by atoms with Crippen molar-refractivity contribution in [3.05, 3.63) is 71.2 Å². The highest BCUT2D eigenvalue weighted by atomic mass is 16.3. The van der Waals surface area contributed by atoms with E-state index in [1.54, 1.807) is 6.08 Å². The number of anilines is 1. The van der Waals surface area contributed by atoms with Crippen LogP contribution >= 0.6 is 0 Å². The van der Waals surface area contributed by atoms with Crippen molar-refractivity contribution in [2.75, 3.05) is 5.32 Å². The lowest BCUT2D eigenvalue weighted by molar-refractivity contribution is 0.375. The molecule has 2 aliphatic rings. The summed E-state index contributed by atoms with van der Waals surface area (Å²) in [5, 5.41) is 13.2. The second kappa shape index (κ2) is 4.55. The maximum absolute atomic E-state index is 9.85. The molecule has 0 amide bonds. The molecule has 0 radical (unpaired) electrons. The average Bonchev–Trinajstić information content (AvgIpc) is 2.46. The number of aliphatic hydroxyl groups is 1. The standard InChI is InChI=1S/C17H13NO/c1-2-13-14(7-5-9-17(13)19)16-11-10-12-6-3-4-8-15(12)18-16/h1,3-11,13,18-19H. The molecule has 0 bridgehead atoms. The van der Waals surface area contributed by atoms with Gasteiger partial charge in [-0.1, -0.05) is 42.3 Å². The zero-order valence-corrected chi connectivity index (χ0v) is 10.3. The number of fused-ring (bicyclic) bond motifs is 1. The van der Waals surface area contributed by atoms with Crippen LogP contribution in [0.2, 0.25) is 0 Å². The van der Waals surface area contributed by atoms with Gasteiger partial charge in [-0.05, 0) is 29.4 Å². The van der Waals surface area contributed by atoms with Crippen molar-refractivity contribution in [2.24, 2.45) is 5.92 Å². The van der Waals surface area contributed by atoms with E-state index in [2.05, 4.69) is 11.2 Å². The van der Waals surface area contributed by atoms with Crippen LogP contribution in [0.5, 0.6) is 0 Å².